The van der Waals surface area contributed by atoms with Gasteiger partial charge in [0.25, 0.3) is 5.91 Å². The summed E-state index contributed by atoms with van der Waals surface area (Å²) in [4.78, 5) is 26.0. The molecule has 1 N–H and O–H groups in total. The highest BCUT2D eigenvalue weighted by Gasteiger charge is 2.81. The first kappa shape index (κ1) is 17.7. The van der Waals surface area contributed by atoms with Crippen LogP contribution in [0.1, 0.15) is 37.4 Å². The number of hydrogen-bond acceptors (Lipinski definition) is 6. The summed E-state index contributed by atoms with van der Waals surface area (Å²) < 4.78 is 12.1. The predicted octanol–water partition coefficient (Wildman–Crippen LogP) is 1.97. The van der Waals surface area contributed by atoms with E-state index in [4.69, 9.17) is 9.47 Å². The molecule has 1 aromatic carbocycles. The zero-order valence-electron chi connectivity index (χ0n) is 14.9. The van der Waals surface area contributed by atoms with Crippen LogP contribution in [0.4, 0.5) is 0 Å². The second-order valence-corrected chi connectivity index (χ2v) is 7.35. The maximum Gasteiger partial charge on any atom is 0.252 e. The van der Waals surface area contributed by atoms with Gasteiger partial charge in [0.1, 0.15) is 6.10 Å². The quantitative estimate of drug-likeness (QED) is 0.802. The maximum atomic E-state index is 13.0. The van der Waals surface area contributed by atoms with E-state index in [1.165, 1.54) is 7.11 Å². The van der Waals surface area contributed by atoms with Crippen molar-refractivity contribution < 1.29 is 19.1 Å². The van der Waals surface area contributed by atoms with E-state index < -0.39 is 40.5 Å². The summed E-state index contributed by atoms with van der Waals surface area (Å²) in [5.41, 5.74) is -3.28. The van der Waals surface area contributed by atoms with E-state index in [1.807, 2.05) is 6.07 Å². The van der Waals surface area contributed by atoms with Gasteiger partial charge < -0.3 is 9.47 Å². The van der Waals surface area contributed by atoms with Gasteiger partial charge in [-0.25, -0.2) is 0 Å². The molecular weight excluding hydrogens is 346 g/mol. The summed E-state index contributed by atoms with van der Waals surface area (Å²) in [7, 11) is 1.49. The Labute approximate surface area is 156 Å². The molecule has 1 aromatic rings. The van der Waals surface area contributed by atoms with Crippen molar-refractivity contribution in [3.8, 4) is 12.1 Å². The summed E-state index contributed by atoms with van der Waals surface area (Å²) in [6.45, 7) is 0. The smallest absolute Gasteiger partial charge is 0.252 e. The summed E-state index contributed by atoms with van der Waals surface area (Å²) in [5, 5.41) is 22.7. The minimum Gasteiger partial charge on any atom is -0.353 e. The predicted molar refractivity (Wildman–Crippen MR) is 91.2 cm³/mol. The first-order valence-electron chi connectivity index (χ1n) is 8.98. The Hall–Kier alpha value is -2.74. The molecule has 1 aliphatic carbocycles. The van der Waals surface area contributed by atoms with Gasteiger partial charge in [0, 0.05) is 19.4 Å². The number of nitriles is 2. The van der Waals surface area contributed by atoms with Gasteiger partial charge in [-0.2, -0.15) is 10.5 Å². The summed E-state index contributed by atoms with van der Waals surface area (Å²) >= 11 is 0. The number of carbonyl (C=O) groups is 2. The Morgan fingerprint density at radius 2 is 1.78 bits per heavy atom. The van der Waals surface area contributed by atoms with Gasteiger partial charge in [0.2, 0.25) is 5.91 Å². The number of methoxy groups -OCH3 is 1. The van der Waals surface area contributed by atoms with Crippen LogP contribution in [0.25, 0.3) is 0 Å². The molecule has 3 aliphatic rings. The third-order valence-electron chi connectivity index (χ3n) is 6.40. The van der Waals surface area contributed by atoms with Crippen LogP contribution in [-0.2, 0) is 19.1 Å². The first-order chi connectivity index (χ1) is 13.0. The number of amides is 2. The number of nitrogens with zero attached hydrogens (tertiary/aromatic N) is 2. The van der Waals surface area contributed by atoms with Crippen LogP contribution in [-0.4, -0.2) is 24.7 Å². The Bertz CT molecular complexity index is 889. The molecular formula is C20H19N3O4. The molecule has 2 saturated heterocycles. The lowest BCUT2D eigenvalue weighted by atomic mass is 9.50. The minimum atomic E-state index is -1.97. The number of benzene rings is 1. The summed E-state index contributed by atoms with van der Waals surface area (Å²) in [6, 6.07) is 12.9. The van der Waals surface area contributed by atoms with Crippen molar-refractivity contribution in [3.05, 3.63) is 35.9 Å². The van der Waals surface area contributed by atoms with Crippen molar-refractivity contribution in [2.45, 2.75) is 37.6 Å². The van der Waals surface area contributed by atoms with E-state index >= 15 is 0 Å². The number of imide groups is 1. The number of nitrogens with one attached hydrogen (secondary N) is 1. The van der Waals surface area contributed by atoms with Gasteiger partial charge in [-0.15, -0.1) is 0 Å². The fourth-order valence-corrected chi connectivity index (χ4v) is 5.16. The van der Waals surface area contributed by atoms with E-state index in [1.54, 1.807) is 30.3 Å². The molecule has 4 rings (SSSR count). The first-order valence-corrected chi connectivity index (χ1v) is 8.98. The molecule has 0 spiro atoms. The molecule has 5 atom stereocenters. The molecule has 3 fully saturated rings. The highest BCUT2D eigenvalue weighted by Crippen LogP contribution is 2.67. The topological polar surface area (TPSA) is 112 Å². The van der Waals surface area contributed by atoms with Gasteiger partial charge in [0.05, 0.1) is 12.1 Å². The van der Waals surface area contributed by atoms with Crippen molar-refractivity contribution in [2.75, 3.05) is 7.11 Å². The molecule has 2 heterocycles. The fourth-order valence-electron chi connectivity index (χ4n) is 5.16. The van der Waals surface area contributed by atoms with Crippen molar-refractivity contribution in [3.63, 3.8) is 0 Å². The normalized spacial score (nSPS) is 40.3. The lowest BCUT2D eigenvalue weighted by Gasteiger charge is -2.57. The third-order valence-corrected chi connectivity index (χ3v) is 6.40. The van der Waals surface area contributed by atoms with Crippen LogP contribution in [0.15, 0.2) is 30.3 Å². The molecule has 27 heavy (non-hydrogen) atoms. The number of ether oxygens (including phenoxy) is 2. The van der Waals surface area contributed by atoms with Crippen molar-refractivity contribution in [2.24, 2.45) is 16.7 Å². The molecule has 2 amide bonds. The highest BCUT2D eigenvalue weighted by molar-refractivity contribution is 6.13. The second kappa shape index (κ2) is 5.88. The average molecular weight is 365 g/mol. The largest absolute Gasteiger partial charge is 0.353 e. The number of rotatable bonds is 2. The monoisotopic (exact) mass is 365 g/mol. The Kier molecular flexibility index (Phi) is 3.85. The van der Waals surface area contributed by atoms with Crippen LogP contribution in [0, 0.1) is 39.4 Å². The SMILES string of the molecule is COC12CCCCC1C1(C#N)C(=O)NC(=O)C1(C#N)C(c1ccccc1)O2. The van der Waals surface area contributed by atoms with Crippen molar-refractivity contribution in [1.29, 1.82) is 10.5 Å². The third kappa shape index (κ3) is 1.91. The Morgan fingerprint density at radius 1 is 1.11 bits per heavy atom. The van der Waals surface area contributed by atoms with Crippen LogP contribution in [0.2, 0.25) is 0 Å². The Balaban J connectivity index is 2.04. The molecule has 5 unspecified atom stereocenters. The van der Waals surface area contributed by atoms with Crippen LogP contribution in [0.3, 0.4) is 0 Å². The van der Waals surface area contributed by atoms with Gasteiger partial charge >= 0.3 is 0 Å². The summed E-state index contributed by atoms with van der Waals surface area (Å²) in [5.74, 6) is -3.41. The molecule has 7 heteroatoms. The van der Waals surface area contributed by atoms with Gasteiger partial charge in [-0.3, -0.25) is 14.9 Å². The van der Waals surface area contributed by atoms with Crippen molar-refractivity contribution in [1.82, 2.24) is 5.32 Å². The fraction of sp³-hybridized carbons (Fsp3) is 0.500. The maximum absolute atomic E-state index is 13.0. The van der Waals surface area contributed by atoms with Gasteiger partial charge in [-0.05, 0) is 18.4 Å². The summed E-state index contributed by atoms with van der Waals surface area (Å²) in [6.07, 6.45) is 1.44. The molecule has 0 radical (unpaired) electrons. The van der Waals surface area contributed by atoms with E-state index in [2.05, 4.69) is 11.4 Å². The van der Waals surface area contributed by atoms with E-state index in [0.717, 1.165) is 12.8 Å². The Morgan fingerprint density at radius 3 is 2.41 bits per heavy atom. The van der Waals surface area contributed by atoms with Crippen molar-refractivity contribution >= 4 is 11.8 Å². The lowest BCUT2D eigenvalue weighted by molar-refractivity contribution is -0.348. The van der Waals surface area contributed by atoms with Crippen LogP contribution in [0.5, 0.6) is 0 Å². The van der Waals surface area contributed by atoms with Crippen LogP contribution < -0.4 is 5.32 Å². The number of carbonyl (C=O) groups excluding carboxylic acids is 2. The van der Waals surface area contributed by atoms with E-state index in [0.29, 0.717) is 18.4 Å². The minimum absolute atomic E-state index is 0.465. The van der Waals surface area contributed by atoms with Crippen LogP contribution >= 0.6 is 0 Å². The molecule has 2 aliphatic heterocycles. The van der Waals surface area contributed by atoms with E-state index in [9.17, 15) is 20.1 Å². The second-order valence-electron chi connectivity index (χ2n) is 7.35. The zero-order chi connectivity index (χ0) is 19.3. The lowest BCUT2D eigenvalue weighted by Crippen LogP contribution is -2.66. The van der Waals surface area contributed by atoms with E-state index in [-0.39, 0.29) is 0 Å². The zero-order valence-corrected chi connectivity index (χ0v) is 14.9. The molecule has 138 valence electrons. The van der Waals surface area contributed by atoms with Gasteiger partial charge in [-0.1, -0.05) is 36.8 Å². The molecule has 7 nitrogen and oxygen atoms in total. The number of fused-ring (bicyclic) bond motifs is 3. The molecule has 0 bridgehead atoms. The average Bonchev–Trinajstić information content (AvgIpc) is 2.95. The van der Waals surface area contributed by atoms with Gasteiger partial charge in [0.15, 0.2) is 16.6 Å². The molecule has 0 aromatic heterocycles. The number of hydrogen-bond donors (Lipinski definition) is 1. The molecule has 1 saturated carbocycles. The standard InChI is InChI=1S/C20H19N3O4/c1-26-20-10-6-5-9-14(20)18(11-21)16(24)23-17(25)19(18,12-22)15(27-20)13-7-3-2-4-8-13/h2-4,7-8,14-15H,5-6,9-10H2,1H3,(H,23,24,25). The highest BCUT2D eigenvalue weighted by atomic mass is 16.7.